The summed E-state index contributed by atoms with van der Waals surface area (Å²) >= 11 is 0. The molecular formula is C21H35IN6. The van der Waals surface area contributed by atoms with Crippen molar-refractivity contribution < 1.29 is 0 Å². The molecule has 0 aliphatic carbocycles. The van der Waals surface area contributed by atoms with E-state index in [0.717, 1.165) is 44.3 Å². The topological polar surface area (TPSA) is 67.1 Å². The Morgan fingerprint density at radius 3 is 2.61 bits per heavy atom. The first-order valence-electron chi connectivity index (χ1n) is 9.89. The maximum absolute atomic E-state index is 4.33. The van der Waals surface area contributed by atoms with Crippen LogP contribution in [0.15, 0.2) is 41.7 Å². The summed E-state index contributed by atoms with van der Waals surface area (Å²) in [5, 5.41) is 14.9. The zero-order valence-corrected chi connectivity index (χ0v) is 19.9. The predicted molar refractivity (Wildman–Crippen MR) is 127 cm³/mol. The van der Waals surface area contributed by atoms with Gasteiger partial charge in [0.05, 0.1) is 0 Å². The lowest BCUT2D eigenvalue weighted by atomic mass is 9.86. The van der Waals surface area contributed by atoms with Crippen molar-refractivity contribution in [1.29, 1.82) is 0 Å². The molecule has 0 saturated heterocycles. The van der Waals surface area contributed by atoms with Gasteiger partial charge >= 0.3 is 0 Å². The van der Waals surface area contributed by atoms with Crippen LogP contribution in [0.2, 0.25) is 0 Å². The Morgan fingerprint density at radius 1 is 1.18 bits per heavy atom. The number of nitrogens with zero attached hydrogens (tertiary/aromatic N) is 4. The lowest BCUT2D eigenvalue weighted by Gasteiger charge is -2.26. The van der Waals surface area contributed by atoms with Crippen molar-refractivity contribution in [2.75, 3.05) is 20.1 Å². The van der Waals surface area contributed by atoms with E-state index in [1.807, 2.05) is 7.05 Å². The van der Waals surface area contributed by atoms with E-state index in [-0.39, 0.29) is 29.4 Å². The number of nitrogens with one attached hydrogen (secondary N) is 2. The molecule has 1 heterocycles. The Bertz CT molecular complexity index is 696. The molecule has 0 amide bonds. The number of benzene rings is 1. The maximum atomic E-state index is 4.33. The third kappa shape index (κ3) is 8.58. The zero-order valence-electron chi connectivity index (χ0n) is 17.6. The third-order valence-corrected chi connectivity index (χ3v) is 4.78. The molecule has 6 nitrogen and oxygen atoms in total. The summed E-state index contributed by atoms with van der Waals surface area (Å²) in [6, 6.07) is 10.7. The fraction of sp³-hybridized carbons (Fsp3) is 0.571. The van der Waals surface area contributed by atoms with E-state index < -0.39 is 0 Å². The van der Waals surface area contributed by atoms with Gasteiger partial charge in [0, 0.05) is 33.1 Å². The molecule has 0 fully saturated rings. The van der Waals surface area contributed by atoms with Crippen LogP contribution in [0.3, 0.4) is 0 Å². The smallest absolute Gasteiger partial charge is 0.191 e. The lowest BCUT2D eigenvalue weighted by molar-refractivity contribution is 0.323. The van der Waals surface area contributed by atoms with Gasteiger partial charge in [-0.2, -0.15) is 0 Å². The van der Waals surface area contributed by atoms with Crippen LogP contribution in [0.5, 0.6) is 0 Å². The first-order chi connectivity index (χ1) is 13.0. The van der Waals surface area contributed by atoms with E-state index in [1.165, 1.54) is 18.4 Å². The van der Waals surface area contributed by atoms with Crippen LogP contribution >= 0.6 is 24.0 Å². The Labute approximate surface area is 186 Å². The second-order valence-corrected chi connectivity index (χ2v) is 7.65. The van der Waals surface area contributed by atoms with E-state index in [0.29, 0.717) is 0 Å². The minimum absolute atomic E-state index is 0. The predicted octanol–water partition coefficient (Wildman–Crippen LogP) is 3.67. The molecule has 28 heavy (non-hydrogen) atoms. The number of aryl methyl sites for hydroxylation is 2. The zero-order chi connectivity index (χ0) is 19.5. The highest BCUT2D eigenvalue weighted by atomic mass is 127. The molecule has 0 radical (unpaired) electrons. The molecule has 0 saturated carbocycles. The summed E-state index contributed by atoms with van der Waals surface area (Å²) < 4.78 is 2.08. The van der Waals surface area contributed by atoms with Gasteiger partial charge in [0.25, 0.3) is 0 Å². The lowest BCUT2D eigenvalue weighted by Crippen LogP contribution is -2.43. The SMILES string of the molecule is CCc1nncn1CCNC(=NC)NCC(C)(C)CCCc1ccccc1.I. The standard InChI is InChI=1S/C21H34N6.HI/c1-5-19-26-25-17-27(19)15-14-23-20(22-4)24-16-21(2,3)13-9-12-18-10-7-6-8-11-18;/h6-8,10-11,17H,5,9,12-16H2,1-4H3,(H2,22,23,24);1H. The van der Waals surface area contributed by atoms with Crippen LogP contribution in [0.4, 0.5) is 0 Å². The highest BCUT2D eigenvalue weighted by Crippen LogP contribution is 2.22. The quantitative estimate of drug-likeness (QED) is 0.298. The van der Waals surface area contributed by atoms with Gasteiger partial charge in [-0.1, -0.05) is 51.1 Å². The van der Waals surface area contributed by atoms with Crippen molar-refractivity contribution in [2.45, 2.75) is 53.0 Å². The van der Waals surface area contributed by atoms with E-state index in [1.54, 1.807) is 6.33 Å². The Hall–Kier alpha value is -1.64. The molecule has 2 aromatic rings. The molecule has 156 valence electrons. The van der Waals surface area contributed by atoms with Crippen LogP contribution in [0.25, 0.3) is 0 Å². The molecule has 1 aromatic carbocycles. The summed E-state index contributed by atoms with van der Waals surface area (Å²) in [7, 11) is 1.81. The number of aromatic nitrogens is 3. The fourth-order valence-electron chi connectivity index (χ4n) is 3.08. The molecule has 0 unspecified atom stereocenters. The highest BCUT2D eigenvalue weighted by molar-refractivity contribution is 14.0. The molecule has 2 N–H and O–H groups in total. The number of hydrogen-bond donors (Lipinski definition) is 2. The van der Waals surface area contributed by atoms with Crippen LogP contribution in [-0.4, -0.2) is 40.9 Å². The highest BCUT2D eigenvalue weighted by Gasteiger charge is 2.18. The van der Waals surface area contributed by atoms with Crippen molar-refractivity contribution in [2.24, 2.45) is 10.4 Å². The monoisotopic (exact) mass is 498 g/mol. The van der Waals surface area contributed by atoms with E-state index in [2.05, 4.69) is 81.5 Å². The molecule has 0 bridgehead atoms. The average molecular weight is 498 g/mol. The molecule has 1 aromatic heterocycles. The minimum Gasteiger partial charge on any atom is -0.356 e. The van der Waals surface area contributed by atoms with Crippen LogP contribution in [0.1, 0.15) is 45.0 Å². The Balaban J connectivity index is 0.00000392. The molecule has 7 heteroatoms. The van der Waals surface area contributed by atoms with Crippen molar-refractivity contribution in [3.05, 3.63) is 48.0 Å². The molecule has 0 spiro atoms. The summed E-state index contributed by atoms with van der Waals surface area (Å²) in [6.45, 7) is 9.23. The van der Waals surface area contributed by atoms with Crippen LogP contribution < -0.4 is 10.6 Å². The Kier molecular flexibility index (Phi) is 11.1. The van der Waals surface area contributed by atoms with Gasteiger partial charge in [-0.3, -0.25) is 4.99 Å². The van der Waals surface area contributed by atoms with Gasteiger partial charge in [0.15, 0.2) is 5.96 Å². The van der Waals surface area contributed by atoms with Gasteiger partial charge in [0.2, 0.25) is 0 Å². The first kappa shape index (κ1) is 24.4. The minimum atomic E-state index is 0. The summed E-state index contributed by atoms with van der Waals surface area (Å²) in [5.41, 5.74) is 1.63. The number of halogens is 1. The van der Waals surface area contributed by atoms with Gasteiger partial charge < -0.3 is 15.2 Å². The van der Waals surface area contributed by atoms with Crippen molar-refractivity contribution in [1.82, 2.24) is 25.4 Å². The first-order valence-corrected chi connectivity index (χ1v) is 9.89. The van der Waals surface area contributed by atoms with E-state index in [9.17, 15) is 0 Å². The second-order valence-electron chi connectivity index (χ2n) is 7.65. The molecule has 0 atom stereocenters. The average Bonchev–Trinajstić information content (AvgIpc) is 3.12. The van der Waals surface area contributed by atoms with Gasteiger partial charge in [-0.25, -0.2) is 0 Å². The number of rotatable bonds is 10. The number of aliphatic imine (C=N–C) groups is 1. The van der Waals surface area contributed by atoms with E-state index >= 15 is 0 Å². The van der Waals surface area contributed by atoms with Crippen molar-refractivity contribution in [3.63, 3.8) is 0 Å². The van der Waals surface area contributed by atoms with Crippen LogP contribution in [-0.2, 0) is 19.4 Å². The Morgan fingerprint density at radius 2 is 1.93 bits per heavy atom. The summed E-state index contributed by atoms with van der Waals surface area (Å²) in [6.07, 6.45) is 6.18. The summed E-state index contributed by atoms with van der Waals surface area (Å²) in [5.74, 6) is 1.86. The third-order valence-electron chi connectivity index (χ3n) is 4.78. The van der Waals surface area contributed by atoms with Gasteiger partial charge in [-0.15, -0.1) is 34.2 Å². The van der Waals surface area contributed by atoms with Crippen LogP contribution in [0, 0.1) is 5.41 Å². The normalized spacial score (nSPS) is 11.8. The molecule has 0 aliphatic heterocycles. The van der Waals surface area contributed by atoms with Crippen molar-refractivity contribution in [3.8, 4) is 0 Å². The molecular weight excluding hydrogens is 463 g/mol. The maximum Gasteiger partial charge on any atom is 0.191 e. The van der Waals surface area contributed by atoms with Gasteiger partial charge in [-0.05, 0) is 30.2 Å². The number of hydrogen-bond acceptors (Lipinski definition) is 3. The second kappa shape index (κ2) is 12.7. The number of guanidine groups is 1. The fourth-order valence-corrected chi connectivity index (χ4v) is 3.08. The van der Waals surface area contributed by atoms with Crippen molar-refractivity contribution >= 4 is 29.9 Å². The largest absolute Gasteiger partial charge is 0.356 e. The molecule has 0 aliphatic rings. The van der Waals surface area contributed by atoms with E-state index in [4.69, 9.17) is 0 Å². The molecule has 2 rings (SSSR count). The summed E-state index contributed by atoms with van der Waals surface area (Å²) in [4.78, 5) is 4.33. The van der Waals surface area contributed by atoms with Gasteiger partial charge in [0.1, 0.15) is 12.2 Å².